The molecule has 0 aliphatic rings. The lowest BCUT2D eigenvalue weighted by atomic mass is 10.1. The number of hydrogen-bond acceptors (Lipinski definition) is 3. The Bertz CT molecular complexity index is 984. The van der Waals surface area contributed by atoms with Crippen molar-refractivity contribution in [3.05, 3.63) is 71.4 Å². The molecular weight excluding hydrogens is 388 g/mol. The van der Waals surface area contributed by atoms with Crippen LogP contribution in [0.25, 0.3) is 16.9 Å². The number of para-hydroxylation sites is 1. The number of carbonyl (C=O) groups excluding carboxylic acids is 2. The van der Waals surface area contributed by atoms with E-state index in [0.29, 0.717) is 22.8 Å². The maximum Gasteiger partial charge on any atom is 0.255 e. The van der Waals surface area contributed by atoms with Crippen molar-refractivity contribution in [2.75, 3.05) is 6.54 Å². The van der Waals surface area contributed by atoms with Crippen molar-refractivity contribution >= 4 is 23.4 Å². The number of nitrogens with zero attached hydrogens (tertiary/aromatic N) is 2. The predicted octanol–water partition coefficient (Wildman–Crippen LogP) is 3.84. The second-order valence-corrected chi connectivity index (χ2v) is 7.10. The Kier molecular flexibility index (Phi) is 6.67. The molecule has 1 aromatic heterocycles. The van der Waals surface area contributed by atoms with Crippen molar-refractivity contribution in [2.24, 2.45) is 0 Å². The third-order valence-electron chi connectivity index (χ3n) is 4.39. The average molecular weight is 411 g/mol. The van der Waals surface area contributed by atoms with Crippen LogP contribution in [0, 0.1) is 0 Å². The fourth-order valence-electron chi connectivity index (χ4n) is 2.82. The predicted molar refractivity (Wildman–Crippen MR) is 114 cm³/mol. The summed E-state index contributed by atoms with van der Waals surface area (Å²) in [5.74, 6) is -0.583. The van der Waals surface area contributed by atoms with Crippen LogP contribution in [0.1, 0.15) is 30.6 Å². The first-order valence-electron chi connectivity index (χ1n) is 9.49. The SMILES string of the molecule is CCCNC(=O)[C@@H](C)NC(=O)c1cn(-c2ccccc2)nc1-c1ccc(Cl)cc1. The summed E-state index contributed by atoms with van der Waals surface area (Å²) < 4.78 is 1.65. The van der Waals surface area contributed by atoms with E-state index in [4.69, 9.17) is 11.6 Å². The molecule has 1 atom stereocenters. The molecule has 29 heavy (non-hydrogen) atoms. The Hall–Kier alpha value is -3.12. The van der Waals surface area contributed by atoms with Crippen molar-refractivity contribution in [3.8, 4) is 16.9 Å². The van der Waals surface area contributed by atoms with Crippen LogP contribution >= 0.6 is 11.6 Å². The van der Waals surface area contributed by atoms with Gasteiger partial charge in [-0.2, -0.15) is 5.10 Å². The Morgan fingerprint density at radius 3 is 2.45 bits per heavy atom. The summed E-state index contributed by atoms with van der Waals surface area (Å²) in [6.07, 6.45) is 2.50. The first-order valence-corrected chi connectivity index (χ1v) is 9.87. The van der Waals surface area contributed by atoms with E-state index in [0.717, 1.165) is 17.7 Å². The van der Waals surface area contributed by atoms with E-state index in [1.807, 2.05) is 49.4 Å². The molecule has 0 saturated carbocycles. The number of aromatic nitrogens is 2. The summed E-state index contributed by atoms with van der Waals surface area (Å²) in [7, 11) is 0. The molecule has 6 nitrogen and oxygen atoms in total. The second kappa shape index (κ2) is 9.39. The van der Waals surface area contributed by atoms with Crippen LogP contribution < -0.4 is 10.6 Å². The number of halogens is 1. The molecular formula is C22H23ClN4O2. The van der Waals surface area contributed by atoms with Gasteiger partial charge >= 0.3 is 0 Å². The van der Waals surface area contributed by atoms with Gasteiger partial charge in [0.2, 0.25) is 5.91 Å². The maximum absolute atomic E-state index is 13.0. The van der Waals surface area contributed by atoms with Gasteiger partial charge in [-0.3, -0.25) is 9.59 Å². The van der Waals surface area contributed by atoms with Crippen LogP contribution in [0.3, 0.4) is 0 Å². The second-order valence-electron chi connectivity index (χ2n) is 6.66. The molecule has 0 aliphatic heterocycles. The minimum absolute atomic E-state index is 0.219. The van der Waals surface area contributed by atoms with Gasteiger partial charge in [-0.25, -0.2) is 4.68 Å². The minimum Gasteiger partial charge on any atom is -0.354 e. The zero-order chi connectivity index (χ0) is 20.8. The number of rotatable bonds is 7. The fraction of sp³-hybridized carbons (Fsp3) is 0.227. The molecule has 0 aliphatic carbocycles. The number of carbonyl (C=O) groups is 2. The van der Waals surface area contributed by atoms with E-state index in [9.17, 15) is 9.59 Å². The van der Waals surface area contributed by atoms with E-state index in [-0.39, 0.29) is 11.8 Å². The van der Waals surface area contributed by atoms with E-state index in [1.54, 1.807) is 29.9 Å². The maximum atomic E-state index is 13.0. The van der Waals surface area contributed by atoms with Gasteiger partial charge in [-0.15, -0.1) is 0 Å². The summed E-state index contributed by atoms with van der Waals surface area (Å²) in [5, 5.41) is 10.8. The van der Waals surface area contributed by atoms with Crippen LogP contribution in [0.15, 0.2) is 60.8 Å². The third-order valence-corrected chi connectivity index (χ3v) is 4.64. The average Bonchev–Trinajstić information content (AvgIpc) is 3.18. The first kappa shape index (κ1) is 20.6. The van der Waals surface area contributed by atoms with Gasteiger partial charge in [0.1, 0.15) is 11.7 Å². The number of hydrogen-bond donors (Lipinski definition) is 2. The highest BCUT2D eigenvalue weighted by Gasteiger charge is 2.22. The van der Waals surface area contributed by atoms with Crippen molar-refractivity contribution in [2.45, 2.75) is 26.3 Å². The minimum atomic E-state index is -0.660. The van der Waals surface area contributed by atoms with E-state index < -0.39 is 6.04 Å². The number of nitrogens with one attached hydrogen (secondary N) is 2. The molecule has 2 aromatic carbocycles. The van der Waals surface area contributed by atoms with Gasteiger partial charge in [0.05, 0.1) is 11.3 Å². The van der Waals surface area contributed by atoms with Gasteiger partial charge in [-0.05, 0) is 37.6 Å². The lowest BCUT2D eigenvalue weighted by Gasteiger charge is -2.13. The molecule has 0 saturated heterocycles. The third kappa shape index (κ3) is 5.03. The Morgan fingerprint density at radius 2 is 1.79 bits per heavy atom. The molecule has 0 bridgehead atoms. The highest BCUT2D eigenvalue weighted by Crippen LogP contribution is 2.25. The summed E-state index contributed by atoms with van der Waals surface area (Å²) in [5.41, 5.74) is 2.49. The highest BCUT2D eigenvalue weighted by molar-refractivity contribution is 6.30. The van der Waals surface area contributed by atoms with E-state index in [2.05, 4.69) is 15.7 Å². The summed E-state index contributed by atoms with van der Waals surface area (Å²) in [6.45, 7) is 4.20. The molecule has 0 fully saturated rings. The lowest BCUT2D eigenvalue weighted by molar-refractivity contribution is -0.122. The largest absolute Gasteiger partial charge is 0.354 e. The van der Waals surface area contributed by atoms with E-state index >= 15 is 0 Å². The molecule has 3 rings (SSSR count). The summed E-state index contributed by atoms with van der Waals surface area (Å²) in [6, 6.07) is 16.0. The Labute approximate surface area is 174 Å². The molecule has 7 heteroatoms. The molecule has 0 unspecified atom stereocenters. The van der Waals surface area contributed by atoms with Gasteiger partial charge in [0.25, 0.3) is 5.91 Å². The van der Waals surface area contributed by atoms with Crippen LogP contribution in [0.5, 0.6) is 0 Å². The normalized spacial score (nSPS) is 11.7. The molecule has 0 spiro atoms. The van der Waals surface area contributed by atoms with Crippen molar-refractivity contribution in [3.63, 3.8) is 0 Å². The van der Waals surface area contributed by atoms with Crippen molar-refractivity contribution in [1.82, 2.24) is 20.4 Å². The summed E-state index contributed by atoms with van der Waals surface area (Å²) >= 11 is 6.00. The molecule has 3 aromatic rings. The highest BCUT2D eigenvalue weighted by atomic mass is 35.5. The zero-order valence-electron chi connectivity index (χ0n) is 16.4. The first-order chi connectivity index (χ1) is 14.0. The smallest absolute Gasteiger partial charge is 0.255 e. The molecule has 2 N–H and O–H groups in total. The molecule has 2 amide bonds. The van der Waals surface area contributed by atoms with Gasteiger partial charge < -0.3 is 10.6 Å². The zero-order valence-corrected chi connectivity index (χ0v) is 17.1. The van der Waals surface area contributed by atoms with Gasteiger partial charge in [0.15, 0.2) is 0 Å². The monoisotopic (exact) mass is 410 g/mol. The van der Waals surface area contributed by atoms with E-state index in [1.165, 1.54) is 0 Å². The summed E-state index contributed by atoms with van der Waals surface area (Å²) in [4.78, 5) is 25.1. The van der Waals surface area contributed by atoms with Crippen molar-refractivity contribution < 1.29 is 9.59 Å². The van der Waals surface area contributed by atoms with Crippen LogP contribution in [0.2, 0.25) is 5.02 Å². The lowest BCUT2D eigenvalue weighted by Crippen LogP contribution is -2.45. The van der Waals surface area contributed by atoms with Crippen LogP contribution in [-0.4, -0.2) is 34.2 Å². The Morgan fingerprint density at radius 1 is 1.10 bits per heavy atom. The molecule has 1 heterocycles. The van der Waals surface area contributed by atoms with Gasteiger partial charge in [-0.1, -0.05) is 48.9 Å². The van der Waals surface area contributed by atoms with Crippen LogP contribution in [0.4, 0.5) is 0 Å². The number of benzene rings is 2. The van der Waals surface area contributed by atoms with Crippen LogP contribution in [-0.2, 0) is 4.79 Å². The standard InChI is InChI=1S/C22H23ClN4O2/c1-3-13-24-21(28)15(2)25-22(29)19-14-27(18-7-5-4-6-8-18)26-20(19)16-9-11-17(23)12-10-16/h4-12,14-15H,3,13H2,1-2H3,(H,24,28)(H,25,29)/t15-/m1/s1. The Balaban J connectivity index is 1.93. The molecule has 0 radical (unpaired) electrons. The van der Waals surface area contributed by atoms with Crippen molar-refractivity contribution in [1.29, 1.82) is 0 Å². The topological polar surface area (TPSA) is 76.0 Å². The number of amides is 2. The molecule has 150 valence electrons. The van der Waals surface area contributed by atoms with Gasteiger partial charge in [0, 0.05) is 23.3 Å². The fourth-order valence-corrected chi connectivity index (χ4v) is 2.94. The quantitative estimate of drug-likeness (QED) is 0.621.